The molecule has 0 saturated carbocycles. The first-order valence-electron chi connectivity index (χ1n) is 4.52. The fourth-order valence-electron chi connectivity index (χ4n) is 1.08. The number of alkyl carbamates (subject to hydrolysis) is 1. The van der Waals surface area contributed by atoms with Crippen molar-refractivity contribution in [3.63, 3.8) is 0 Å². The molecule has 1 aliphatic rings. The van der Waals surface area contributed by atoms with E-state index in [-0.39, 0.29) is 25.0 Å². The Labute approximate surface area is 82.8 Å². The molecule has 1 unspecified atom stereocenters. The number of nitrogens with one attached hydrogen (secondary N) is 1. The maximum Gasteiger partial charge on any atom is 0.408 e. The quantitative estimate of drug-likeness (QED) is 0.638. The first-order valence-corrected chi connectivity index (χ1v) is 4.52. The van der Waals surface area contributed by atoms with E-state index in [1.54, 1.807) is 20.8 Å². The fraction of sp³-hybridized carbons (Fsp3) is 0.778. The molecule has 0 aromatic heterocycles. The molecule has 80 valence electrons. The van der Waals surface area contributed by atoms with Gasteiger partial charge in [-0.2, -0.15) is 0 Å². The normalized spacial score (nSPS) is 21.6. The lowest BCUT2D eigenvalue weighted by Gasteiger charge is -2.20. The van der Waals surface area contributed by atoms with E-state index < -0.39 is 11.7 Å². The fourth-order valence-corrected chi connectivity index (χ4v) is 1.08. The van der Waals surface area contributed by atoms with Crippen LogP contribution in [0, 0.1) is 0 Å². The lowest BCUT2D eigenvalue weighted by molar-refractivity contribution is -0.137. The van der Waals surface area contributed by atoms with Crippen LogP contribution in [0.15, 0.2) is 0 Å². The summed E-state index contributed by atoms with van der Waals surface area (Å²) in [6.07, 6.45) is -0.292. The predicted molar refractivity (Wildman–Crippen MR) is 48.7 cm³/mol. The Bertz CT molecular complexity index is 244. The van der Waals surface area contributed by atoms with Crippen LogP contribution in [0.5, 0.6) is 0 Å². The van der Waals surface area contributed by atoms with E-state index in [0.29, 0.717) is 0 Å². The molecule has 1 N–H and O–H groups in total. The largest absolute Gasteiger partial charge is 0.463 e. The zero-order chi connectivity index (χ0) is 10.8. The lowest BCUT2D eigenvalue weighted by atomic mass is 10.2. The Morgan fingerprint density at radius 3 is 2.64 bits per heavy atom. The van der Waals surface area contributed by atoms with Crippen LogP contribution >= 0.6 is 0 Å². The summed E-state index contributed by atoms with van der Waals surface area (Å²) in [6, 6.07) is -0.252. The third-order valence-electron chi connectivity index (χ3n) is 1.58. The number of esters is 1. The molecule has 0 aromatic rings. The van der Waals surface area contributed by atoms with Gasteiger partial charge in [-0.15, -0.1) is 0 Å². The number of amides is 1. The van der Waals surface area contributed by atoms with E-state index in [9.17, 15) is 9.59 Å². The maximum absolute atomic E-state index is 11.2. The van der Waals surface area contributed by atoms with Gasteiger partial charge >= 0.3 is 12.1 Å². The molecule has 0 aliphatic carbocycles. The van der Waals surface area contributed by atoms with Crippen LogP contribution < -0.4 is 5.32 Å². The third kappa shape index (κ3) is 3.64. The molecule has 0 bridgehead atoms. The van der Waals surface area contributed by atoms with Crippen molar-refractivity contribution in [2.75, 3.05) is 6.61 Å². The molecule has 0 radical (unpaired) electrons. The average molecular weight is 201 g/mol. The molecule has 1 rings (SSSR count). The van der Waals surface area contributed by atoms with Crippen LogP contribution in [0.4, 0.5) is 4.79 Å². The minimum Gasteiger partial charge on any atom is -0.463 e. The molecule has 1 atom stereocenters. The highest BCUT2D eigenvalue weighted by atomic mass is 16.6. The van der Waals surface area contributed by atoms with Crippen molar-refractivity contribution in [2.24, 2.45) is 0 Å². The molecule has 1 saturated heterocycles. The highest BCUT2D eigenvalue weighted by molar-refractivity contribution is 5.74. The van der Waals surface area contributed by atoms with Crippen molar-refractivity contribution in [1.29, 1.82) is 0 Å². The van der Waals surface area contributed by atoms with Gasteiger partial charge in [0.25, 0.3) is 0 Å². The van der Waals surface area contributed by atoms with Crippen LogP contribution in [0.2, 0.25) is 0 Å². The highest BCUT2D eigenvalue weighted by Crippen LogP contribution is 2.09. The van der Waals surface area contributed by atoms with Crippen molar-refractivity contribution in [1.82, 2.24) is 5.32 Å². The minimum absolute atomic E-state index is 0.221. The molecule has 1 aliphatic heterocycles. The van der Waals surface area contributed by atoms with Crippen LogP contribution in [-0.4, -0.2) is 30.3 Å². The SMILES string of the molecule is CC(C)(C)OC(=O)NC1COC(=O)C1. The summed E-state index contributed by atoms with van der Waals surface area (Å²) in [5.74, 6) is -0.286. The minimum atomic E-state index is -0.520. The highest BCUT2D eigenvalue weighted by Gasteiger charge is 2.27. The molecule has 5 heteroatoms. The first kappa shape index (κ1) is 10.8. The number of rotatable bonds is 1. The molecule has 0 aromatic carbocycles. The number of cyclic esters (lactones) is 1. The van der Waals surface area contributed by atoms with Crippen molar-refractivity contribution >= 4 is 12.1 Å². The summed E-state index contributed by atoms with van der Waals surface area (Å²) in [4.78, 5) is 21.9. The van der Waals surface area contributed by atoms with Crippen molar-refractivity contribution in [2.45, 2.75) is 38.8 Å². The van der Waals surface area contributed by atoms with Crippen LogP contribution in [0.1, 0.15) is 27.2 Å². The van der Waals surface area contributed by atoms with Crippen molar-refractivity contribution < 1.29 is 19.1 Å². The Morgan fingerprint density at radius 1 is 1.57 bits per heavy atom. The second kappa shape index (κ2) is 3.86. The number of hydrogen-bond donors (Lipinski definition) is 1. The summed E-state index contributed by atoms with van der Waals surface area (Å²) in [5.41, 5.74) is -0.520. The molecule has 1 amide bonds. The van der Waals surface area contributed by atoms with Gasteiger partial charge in [0.2, 0.25) is 0 Å². The van der Waals surface area contributed by atoms with Gasteiger partial charge in [0.05, 0.1) is 12.5 Å². The zero-order valence-corrected chi connectivity index (χ0v) is 8.62. The number of carbonyl (C=O) groups is 2. The molecular formula is C9H15NO4. The van der Waals surface area contributed by atoms with Gasteiger partial charge < -0.3 is 14.8 Å². The van der Waals surface area contributed by atoms with E-state index in [1.165, 1.54) is 0 Å². The van der Waals surface area contributed by atoms with Gasteiger partial charge in [-0.25, -0.2) is 4.79 Å². The summed E-state index contributed by atoms with van der Waals surface area (Å²) < 4.78 is 9.71. The second-order valence-corrected chi connectivity index (χ2v) is 4.23. The Balaban J connectivity index is 2.31. The topological polar surface area (TPSA) is 64.6 Å². The van der Waals surface area contributed by atoms with Gasteiger partial charge in [-0.3, -0.25) is 4.79 Å². The van der Waals surface area contributed by atoms with Crippen LogP contribution in [-0.2, 0) is 14.3 Å². The molecular weight excluding hydrogens is 186 g/mol. The Kier molecular flexibility index (Phi) is 2.98. The van der Waals surface area contributed by atoms with E-state index in [1.807, 2.05) is 0 Å². The number of ether oxygens (including phenoxy) is 2. The van der Waals surface area contributed by atoms with Gasteiger partial charge in [0.15, 0.2) is 0 Å². The molecule has 1 heterocycles. The molecule has 5 nitrogen and oxygen atoms in total. The van der Waals surface area contributed by atoms with Crippen molar-refractivity contribution in [3.8, 4) is 0 Å². The van der Waals surface area contributed by atoms with E-state index in [4.69, 9.17) is 4.74 Å². The average Bonchev–Trinajstić information content (AvgIpc) is 2.30. The van der Waals surface area contributed by atoms with E-state index in [0.717, 1.165) is 0 Å². The van der Waals surface area contributed by atoms with Gasteiger partial charge in [0, 0.05) is 0 Å². The maximum atomic E-state index is 11.2. The predicted octanol–water partition coefficient (Wildman–Crippen LogP) is 0.827. The number of hydrogen-bond acceptors (Lipinski definition) is 4. The molecule has 0 spiro atoms. The van der Waals surface area contributed by atoms with Crippen LogP contribution in [0.3, 0.4) is 0 Å². The summed E-state index contributed by atoms with van der Waals surface area (Å²) in [7, 11) is 0. The van der Waals surface area contributed by atoms with Crippen molar-refractivity contribution in [3.05, 3.63) is 0 Å². The van der Waals surface area contributed by atoms with Gasteiger partial charge in [-0.1, -0.05) is 0 Å². The summed E-state index contributed by atoms with van der Waals surface area (Å²) in [6.45, 7) is 5.58. The monoisotopic (exact) mass is 201 g/mol. The zero-order valence-electron chi connectivity index (χ0n) is 8.62. The van der Waals surface area contributed by atoms with Gasteiger partial charge in [0.1, 0.15) is 12.2 Å². The van der Waals surface area contributed by atoms with Crippen LogP contribution in [0.25, 0.3) is 0 Å². The second-order valence-electron chi connectivity index (χ2n) is 4.23. The Morgan fingerprint density at radius 2 is 2.21 bits per heavy atom. The third-order valence-corrected chi connectivity index (χ3v) is 1.58. The Hall–Kier alpha value is -1.26. The van der Waals surface area contributed by atoms with E-state index >= 15 is 0 Å². The lowest BCUT2D eigenvalue weighted by Crippen LogP contribution is -2.39. The van der Waals surface area contributed by atoms with E-state index in [2.05, 4.69) is 10.1 Å². The molecule has 14 heavy (non-hydrogen) atoms. The molecule has 1 fully saturated rings. The summed E-state index contributed by atoms with van der Waals surface area (Å²) >= 11 is 0. The standard InChI is InChI=1S/C9H15NO4/c1-9(2,3)14-8(12)10-6-4-7(11)13-5-6/h6H,4-5H2,1-3H3,(H,10,12). The van der Waals surface area contributed by atoms with Gasteiger partial charge in [-0.05, 0) is 20.8 Å². The first-order chi connectivity index (χ1) is 6.37. The number of carbonyl (C=O) groups excluding carboxylic acids is 2. The summed E-state index contributed by atoms with van der Waals surface area (Å²) in [5, 5.41) is 2.56. The smallest absolute Gasteiger partial charge is 0.408 e.